The molecule has 38 heavy (non-hydrogen) atoms. The zero-order valence-corrected chi connectivity index (χ0v) is 22.7. The Kier molecular flexibility index (Phi) is 6.81. The van der Waals surface area contributed by atoms with Crippen LogP contribution in [0.25, 0.3) is 5.70 Å². The number of ketones is 2. The number of hydrogen-bond acceptors (Lipinski definition) is 9. The van der Waals surface area contributed by atoms with Gasteiger partial charge in [-0.1, -0.05) is 6.42 Å². The molecule has 2 N–H and O–H groups in total. The lowest BCUT2D eigenvalue weighted by molar-refractivity contribution is -0.143. The molecule has 2 saturated carbocycles. The Morgan fingerprint density at radius 3 is 2.66 bits per heavy atom. The fourth-order valence-corrected chi connectivity index (χ4v) is 7.40. The van der Waals surface area contributed by atoms with E-state index in [1.807, 2.05) is 0 Å². The highest BCUT2D eigenvalue weighted by Crippen LogP contribution is 2.46. The van der Waals surface area contributed by atoms with Crippen molar-refractivity contribution in [3.63, 3.8) is 0 Å². The van der Waals surface area contributed by atoms with Gasteiger partial charge in [0.1, 0.15) is 17.5 Å². The van der Waals surface area contributed by atoms with Gasteiger partial charge in [-0.3, -0.25) is 14.5 Å². The van der Waals surface area contributed by atoms with Crippen molar-refractivity contribution in [1.29, 1.82) is 0 Å². The lowest BCUT2D eigenvalue weighted by Gasteiger charge is -2.38. The number of likely N-dealkylation sites (tertiary alicyclic amines) is 1. The standard InChI is InChI=1S/C29H40N4O5/c1-18(21-8-6-14-33(21)2)38-27-20-10-15-37-29(13-16-36-17-29)24(20)31-26(32-27)23(30)19-7-5-12-28(25(19)35)11-4-3-9-22(28)34/h18,21H,3-17,30H2,1-2H3/b23-19-/t18-,21-,28+,29?/m0/s1. The quantitative estimate of drug-likeness (QED) is 0.468. The highest BCUT2D eigenvalue weighted by molar-refractivity contribution is 6.17. The first-order valence-corrected chi connectivity index (χ1v) is 14.4. The predicted octanol–water partition coefficient (Wildman–Crippen LogP) is 3.08. The first-order valence-electron chi connectivity index (χ1n) is 14.4. The number of hydrogen-bond donors (Lipinski definition) is 1. The molecule has 2 aliphatic carbocycles. The van der Waals surface area contributed by atoms with E-state index in [2.05, 4.69) is 18.9 Å². The van der Waals surface area contributed by atoms with Crippen LogP contribution in [0.5, 0.6) is 5.88 Å². The van der Waals surface area contributed by atoms with Crippen molar-refractivity contribution in [2.24, 2.45) is 11.1 Å². The van der Waals surface area contributed by atoms with E-state index in [0.29, 0.717) is 81.7 Å². The number of nitrogens with zero attached hydrogens (tertiary/aromatic N) is 3. The predicted molar refractivity (Wildman–Crippen MR) is 140 cm³/mol. The van der Waals surface area contributed by atoms with Gasteiger partial charge in [0.15, 0.2) is 11.6 Å². The molecule has 0 amide bonds. The maximum absolute atomic E-state index is 13.8. The van der Waals surface area contributed by atoms with Gasteiger partial charge >= 0.3 is 0 Å². The van der Waals surface area contributed by atoms with Crippen molar-refractivity contribution >= 4 is 17.3 Å². The highest BCUT2D eigenvalue weighted by atomic mass is 16.6. The maximum Gasteiger partial charge on any atom is 0.221 e. The Morgan fingerprint density at radius 1 is 1.08 bits per heavy atom. The van der Waals surface area contributed by atoms with Gasteiger partial charge in [-0.25, -0.2) is 4.98 Å². The van der Waals surface area contributed by atoms with Crippen LogP contribution in [0.4, 0.5) is 0 Å². The number of ether oxygens (including phenoxy) is 3. The first kappa shape index (κ1) is 25.9. The summed E-state index contributed by atoms with van der Waals surface area (Å²) in [5.74, 6) is 0.777. The molecule has 4 atom stereocenters. The smallest absolute Gasteiger partial charge is 0.221 e. The van der Waals surface area contributed by atoms with Gasteiger partial charge in [0, 0.05) is 43.0 Å². The lowest BCUT2D eigenvalue weighted by Crippen LogP contribution is -2.45. The molecule has 9 nitrogen and oxygen atoms in total. The van der Waals surface area contributed by atoms with E-state index in [4.69, 9.17) is 29.9 Å². The topological polar surface area (TPSA) is 117 Å². The van der Waals surface area contributed by atoms with Gasteiger partial charge < -0.3 is 19.9 Å². The Hall–Kier alpha value is -2.36. The van der Waals surface area contributed by atoms with Crippen LogP contribution in [0.1, 0.15) is 88.2 Å². The maximum atomic E-state index is 13.8. The van der Waals surface area contributed by atoms with Crippen LogP contribution in [0.15, 0.2) is 5.57 Å². The summed E-state index contributed by atoms with van der Waals surface area (Å²) < 4.78 is 18.6. The van der Waals surface area contributed by atoms with Crippen molar-refractivity contribution in [3.05, 3.63) is 22.7 Å². The summed E-state index contributed by atoms with van der Waals surface area (Å²) in [5, 5.41) is 0. The third-order valence-electron chi connectivity index (χ3n) is 9.63. The average Bonchev–Trinajstić information content (AvgIpc) is 3.57. The number of nitrogens with two attached hydrogens (primary N) is 1. The van der Waals surface area contributed by atoms with Crippen LogP contribution in [-0.2, 0) is 31.1 Å². The number of Topliss-reactive ketones (excluding diaryl/α,β-unsaturated/α-hetero) is 2. The van der Waals surface area contributed by atoms with Gasteiger partial charge in [0.25, 0.3) is 0 Å². The van der Waals surface area contributed by atoms with Crippen molar-refractivity contribution < 1.29 is 23.8 Å². The molecule has 1 aromatic rings. The molecule has 4 heterocycles. The molecule has 5 aliphatic rings. The van der Waals surface area contributed by atoms with E-state index in [1.54, 1.807) is 0 Å². The molecule has 1 unspecified atom stereocenters. The van der Waals surface area contributed by atoms with Crippen LogP contribution in [0.3, 0.4) is 0 Å². The Morgan fingerprint density at radius 2 is 1.92 bits per heavy atom. The van der Waals surface area contributed by atoms with Crippen molar-refractivity contribution in [1.82, 2.24) is 14.9 Å². The fraction of sp³-hybridized carbons (Fsp3) is 0.724. The van der Waals surface area contributed by atoms with Gasteiger partial charge in [0.2, 0.25) is 5.88 Å². The molecule has 6 rings (SSSR count). The molecule has 1 aromatic heterocycles. The largest absolute Gasteiger partial charge is 0.473 e. The highest BCUT2D eigenvalue weighted by Gasteiger charge is 2.50. The molecule has 2 saturated heterocycles. The fourth-order valence-electron chi connectivity index (χ4n) is 7.40. The number of carbonyl (C=O) groups is 2. The SMILES string of the molecule is C[C@H](Oc1nc(/C(N)=C2\CCC[C@@]3(CCCCC3=O)C2=O)nc2c1CCOC21CCOC1)[C@@H]1CCCN1C. The van der Waals surface area contributed by atoms with Crippen molar-refractivity contribution in [2.45, 2.75) is 95.3 Å². The molecular weight excluding hydrogens is 484 g/mol. The lowest BCUT2D eigenvalue weighted by atomic mass is 9.62. The molecule has 0 radical (unpaired) electrons. The van der Waals surface area contributed by atoms with Crippen molar-refractivity contribution in [2.75, 3.05) is 33.4 Å². The first-order chi connectivity index (χ1) is 18.3. The van der Waals surface area contributed by atoms with Crippen molar-refractivity contribution in [3.8, 4) is 5.88 Å². The number of fused-ring (bicyclic) bond motifs is 2. The van der Waals surface area contributed by atoms with Crippen LogP contribution >= 0.6 is 0 Å². The molecule has 0 bridgehead atoms. The summed E-state index contributed by atoms with van der Waals surface area (Å²) in [4.78, 5) is 39.0. The van der Waals surface area contributed by atoms with E-state index in [9.17, 15) is 9.59 Å². The number of allylic oxidation sites excluding steroid dienone is 1. The summed E-state index contributed by atoms with van der Waals surface area (Å²) in [6.45, 7) is 4.72. The van der Waals surface area contributed by atoms with Gasteiger partial charge in [-0.05, 0) is 65.5 Å². The minimum atomic E-state index is -0.921. The van der Waals surface area contributed by atoms with Crippen LogP contribution < -0.4 is 10.5 Å². The van der Waals surface area contributed by atoms with Crippen LogP contribution in [-0.4, -0.2) is 72.0 Å². The van der Waals surface area contributed by atoms with Gasteiger partial charge in [-0.2, -0.15) is 4.98 Å². The van der Waals surface area contributed by atoms with Crippen LogP contribution in [0, 0.1) is 5.41 Å². The minimum absolute atomic E-state index is 0.0682. The normalized spacial score (nSPS) is 34.1. The Balaban J connectivity index is 1.43. The molecule has 4 fully saturated rings. The third-order valence-corrected chi connectivity index (χ3v) is 9.63. The Labute approximate surface area is 224 Å². The molecular formula is C29H40N4O5. The summed E-state index contributed by atoms with van der Waals surface area (Å²) in [7, 11) is 2.14. The van der Waals surface area contributed by atoms with Crippen LogP contribution in [0.2, 0.25) is 0 Å². The number of carbonyl (C=O) groups excluding carboxylic acids is 2. The van der Waals surface area contributed by atoms with E-state index < -0.39 is 11.0 Å². The Bertz CT molecular complexity index is 1160. The second kappa shape index (κ2) is 9.99. The van der Waals surface area contributed by atoms with E-state index in [0.717, 1.165) is 49.9 Å². The summed E-state index contributed by atoms with van der Waals surface area (Å²) in [5.41, 5.74) is 7.65. The minimum Gasteiger partial charge on any atom is -0.473 e. The molecule has 206 valence electrons. The monoisotopic (exact) mass is 524 g/mol. The molecule has 0 aromatic carbocycles. The number of rotatable bonds is 4. The zero-order chi connectivity index (χ0) is 26.5. The van der Waals surface area contributed by atoms with Gasteiger partial charge in [0.05, 0.1) is 30.0 Å². The summed E-state index contributed by atoms with van der Waals surface area (Å²) >= 11 is 0. The van der Waals surface area contributed by atoms with E-state index in [1.165, 1.54) is 0 Å². The molecule has 3 aliphatic heterocycles. The molecule has 2 spiro atoms. The number of likely N-dealkylation sites (N-methyl/N-ethyl adjacent to an activating group) is 1. The molecule has 9 heteroatoms. The third kappa shape index (κ3) is 4.18. The second-order valence-electron chi connectivity index (χ2n) is 11.9. The second-order valence-corrected chi connectivity index (χ2v) is 11.9. The zero-order valence-electron chi connectivity index (χ0n) is 22.7. The van der Waals surface area contributed by atoms with E-state index in [-0.39, 0.29) is 23.4 Å². The summed E-state index contributed by atoms with van der Waals surface area (Å²) in [6, 6.07) is 0.306. The summed E-state index contributed by atoms with van der Waals surface area (Å²) in [6.07, 6.45) is 8.24. The average molecular weight is 525 g/mol. The number of aromatic nitrogens is 2. The van der Waals surface area contributed by atoms with Gasteiger partial charge in [-0.15, -0.1) is 0 Å². The van der Waals surface area contributed by atoms with E-state index >= 15 is 0 Å².